The first-order valence-corrected chi connectivity index (χ1v) is 20.0. The van der Waals surface area contributed by atoms with Crippen molar-refractivity contribution in [2.24, 2.45) is 5.92 Å². The minimum Gasteiger partial charge on any atom is -0.444 e. The minimum atomic E-state index is -0.612. The van der Waals surface area contributed by atoms with E-state index in [0.29, 0.717) is 32.7 Å². The number of carbonyl (C=O) groups excluding carboxylic acids is 2. The van der Waals surface area contributed by atoms with Crippen LogP contribution in [0, 0.1) is 5.92 Å². The van der Waals surface area contributed by atoms with E-state index in [-0.39, 0.29) is 29.9 Å². The van der Waals surface area contributed by atoms with Crippen molar-refractivity contribution >= 4 is 22.9 Å². The van der Waals surface area contributed by atoms with Crippen molar-refractivity contribution in [3.05, 3.63) is 95.7 Å². The zero-order chi connectivity index (χ0) is 37.8. The first-order chi connectivity index (χ1) is 26.1. The van der Waals surface area contributed by atoms with Crippen LogP contribution in [0.15, 0.2) is 79.0 Å². The predicted octanol–water partition coefficient (Wildman–Crippen LogP) is 7.62. The Morgan fingerprint density at radius 2 is 1.63 bits per heavy atom. The predicted molar refractivity (Wildman–Crippen MR) is 215 cm³/mol. The van der Waals surface area contributed by atoms with Crippen LogP contribution in [0.1, 0.15) is 69.1 Å². The van der Waals surface area contributed by atoms with Crippen molar-refractivity contribution in [3.63, 3.8) is 0 Å². The van der Waals surface area contributed by atoms with Gasteiger partial charge in [-0.05, 0) is 93.3 Å². The standard InChI is InChI=1S/C45H59N5O4/c1-45(2,3)54-44(52)49-22-20-39(36-11-8-10-35(28-36)34-16-14-33(15-17-34)29-47-25-23-46(4)24-26-47)41(32-49)43(51)50(38-18-19-38)31-37-30-48(21-9-27-53-5)42-13-7-6-12-40(37)42/h6-8,10-17,28,30,38-39,41H,9,18-27,29,31-32H2,1-5H3/t39-,41+/m1/s1. The number of amides is 2. The fourth-order valence-corrected chi connectivity index (χ4v) is 8.29. The number of benzene rings is 3. The average Bonchev–Trinajstić information content (AvgIpc) is 3.96. The normalized spacial score (nSPS) is 20.0. The zero-order valence-electron chi connectivity index (χ0n) is 33.0. The van der Waals surface area contributed by atoms with Crippen molar-refractivity contribution in [2.45, 2.75) is 83.6 Å². The van der Waals surface area contributed by atoms with E-state index in [1.165, 1.54) is 22.0 Å². The summed E-state index contributed by atoms with van der Waals surface area (Å²) in [5.74, 6) is -0.280. The molecule has 9 nitrogen and oxygen atoms in total. The van der Waals surface area contributed by atoms with Gasteiger partial charge in [-0.2, -0.15) is 0 Å². The van der Waals surface area contributed by atoms with Crippen LogP contribution in [0.3, 0.4) is 0 Å². The Balaban J connectivity index is 1.15. The Morgan fingerprint density at radius 3 is 2.35 bits per heavy atom. The third-order valence-corrected chi connectivity index (χ3v) is 11.4. The second-order valence-electron chi connectivity index (χ2n) is 16.7. The summed E-state index contributed by atoms with van der Waals surface area (Å²) < 4.78 is 13.5. The van der Waals surface area contributed by atoms with E-state index < -0.39 is 5.60 Å². The lowest BCUT2D eigenvalue weighted by atomic mass is 9.79. The SMILES string of the molecule is COCCCn1cc(CN(C(=O)[C@H]2CN(C(=O)OC(C)(C)C)CC[C@@H]2c2cccc(-c3ccc(CN4CCN(C)CC4)cc3)c2)C2CC2)c2ccccc21. The summed E-state index contributed by atoms with van der Waals surface area (Å²) in [5, 5.41) is 1.19. The van der Waals surface area contributed by atoms with Gasteiger partial charge in [0.05, 0.1) is 5.92 Å². The van der Waals surface area contributed by atoms with Crippen LogP contribution in [0.25, 0.3) is 22.0 Å². The first-order valence-electron chi connectivity index (χ1n) is 20.0. The molecule has 0 N–H and O–H groups in total. The van der Waals surface area contributed by atoms with Gasteiger partial charge in [0.15, 0.2) is 0 Å². The molecule has 1 saturated carbocycles. The molecule has 4 aromatic rings. The topological polar surface area (TPSA) is 70.5 Å². The number of ether oxygens (including phenoxy) is 2. The van der Waals surface area contributed by atoms with Crippen molar-refractivity contribution in [1.82, 2.24) is 24.2 Å². The molecule has 3 heterocycles. The van der Waals surface area contributed by atoms with Gasteiger partial charge in [-0.3, -0.25) is 9.69 Å². The number of aryl methyl sites for hydroxylation is 1. The lowest BCUT2D eigenvalue weighted by Crippen LogP contribution is -2.51. The third-order valence-electron chi connectivity index (χ3n) is 11.4. The van der Waals surface area contributed by atoms with Crippen LogP contribution in [-0.2, 0) is 33.9 Å². The van der Waals surface area contributed by atoms with Gasteiger partial charge < -0.3 is 28.7 Å². The highest BCUT2D eigenvalue weighted by atomic mass is 16.6. The van der Waals surface area contributed by atoms with Crippen LogP contribution >= 0.6 is 0 Å². The number of hydrogen-bond donors (Lipinski definition) is 0. The molecular formula is C45H59N5O4. The zero-order valence-corrected chi connectivity index (χ0v) is 33.0. The summed E-state index contributed by atoms with van der Waals surface area (Å²) in [5.41, 5.74) is 6.55. The fourth-order valence-electron chi connectivity index (χ4n) is 8.29. The maximum Gasteiger partial charge on any atom is 0.410 e. The third kappa shape index (κ3) is 9.19. The number of likely N-dealkylation sites (N-methyl/N-ethyl adjacent to an activating group) is 1. The van der Waals surface area contributed by atoms with E-state index >= 15 is 4.79 Å². The molecule has 288 valence electrons. The number of piperidine rings is 1. The molecule has 2 atom stereocenters. The Kier molecular flexibility index (Phi) is 11.8. The highest BCUT2D eigenvalue weighted by Crippen LogP contribution is 2.40. The number of carbonyl (C=O) groups is 2. The largest absolute Gasteiger partial charge is 0.444 e. The van der Waals surface area contributed by atoms with Gasteiger partial charge in [0, 0.05) is 95.8 Å². The van der Waals surface area contributed by atoms with E-state index in [9.17, 15) is 4.79 Å². The summed E-state index contributed by atoms with van der Waals surface area (Å²) in [7, 11) is 3.93. The van der Waals surface area contributed by atoms with Crippen molar-refractivity contribution in [1.29, 1.82) is 0 Å². The van der Waals surface area contributed by atoms with E-state index in [1.54, 1.807) is 12.0 Å². The molecule has 1 aromatic heterocycles. The molecule has 0 unspecified atom stereocenters. The second kappa shape index (κ2) is 16.7. The van der Waals surface area contributed by atoms with Gasteiger partial charge in [0.25, 0.3) is 0 Å². The van der Waals surface area contributed by atoms with E-state index in [2.05, 4.69) is 105 Å². The number of nitrogens with zero attached hydrogens (tertiary/aromatic N) is 5. The number of para-hydroxylation sites is 1. The average molecular weight is 734 g/mol. The summed E-state index contributed by atoms with van der Waals surface area (Å²) in [6, 6.07) is 26.4. The van der Waals surface area contributed by atoms with Gasteiger partial charge in [-0.25, -0.2) is 4.79 Å². The molecule has 3 aliphatic rings. The molecular weight excluding hydrogens is 675 g/mol. The molecule has 54 heavy (non-hydrogen) atoms. The number of methoxy groups -OCH3 is 1. The Hall–Kier alpha value is -4.18. The molecule has 1 aliphatic carbocycles. The molecule has 9 heteroatoms. The molecule has 3 aromatic carbocycles. The van der Waals surface area contributed by atoms with Crippen LogP contribution in [0.2, 0.25) is 0 Å². The summed E-state index contributed by atoms with van der Waals surface area (Å²) >= 11 is 0. The molecule has 3 fully saturated rings. The Morgan fingerprint density at radius 1 is 0.870 bits per heavy atom. The number of rotatable bonds is 12. The summed E-state index contributed by atoms with van der Waals surface area (Å²) in [6.07, 6.45) is 5.51. The van der Waals surface area contributed by atoms with Gasteiger partial charge in [0.2, 0.25) is 5.91 Å². The Bertz CT molecular complexity index is 1890. The quantitative estimate of drug-likeness (QED) is 0.140. The van der Waals surface area contributed by atoms with Crippen molar-refractivity contribution in [3.8, 4) is 11.1 Å². The number of hydrogen-bond acceptors (Lipinski definition) is 6. The van der Waals surface area contributed by atoms with Gasteiger partial charge in [0.1, 0.15) is 5.60 Å². The summed E-state index contributed by atoms with van der Waals surface area (Å²) in [4.78, 5) is 37.3. The highest BCUT2D eigenvalue weighted by molar-refractivity contribution is 5.86. The molecule has 0 radical (unpaired) electrons. The van der Waals surface area contributed by atoms with Crippen LogP contribution in [0.4, 0.5) is 4.79 Å². The van der Waals surface area contributed by atoms with E-state index in [0.717, 1.165) is 75.2 Å². The molecule has 2 saturated heterocycles. The molecule has 0 bridgehead atoms. The Labute approximate surface area is 321 Å². The minimum absolute atomic E-state index is 0.0238. The molecule has 7 rings (SSSR count). The number of likely N-dealkylation sites (tertiary alicyclic amines) is 1. The van der Waals surface area contributed by atoms with E-state index in [4.69, 9.17) is 9.47 Å². The maximum absolute atomic E-state index is 15.1. The van der Waals surface area contributed by atoms with Gasteiger partial charge in [-0.1, -0.05) is 66.7 Å². The lowest BCUT2D eigenvalue weighted by molar-refractivity contribution is -0.139. The fraction of sp³-hybridized carbons (Fsp3) is 0.511. The lowest BCUT2D eigenvalue weighted by Gasteiger charge is -2.40. The first kappa shape index (κ1) is 38.1. The van der Waals surface area contributed by atoms with Crippen LogP contribution in [0.5, 0.6) is 0 Å². The van der Waals surface area contributed by atoms with E-state index in [1.807, 2.05) is 20.8 Å². The smallest absolute Gasteiger partial charge is 0.410 e. The van der Waals surface area contributed by atoms with Crippen LogP contribution in [-0.4, -0.2) is 108 Å². The van der Waals surface area contributed by atoms with Crippen molar-refractivity contribution in [2.75, 3.05) is 60.0 Å². The van der Waals surface area contributed by atoms with Crippen LogP contribution < -0.4 is 0 Å². The molecule has 2 amide bonds. The number of aromatic nitrogens is 1. The maximum atomic E-state index is 15.1. The highest BCUT2D eigenvalue weighted by Gasteiger charge is 2.43. The molecule has 2 aliphatic heterocycles. The molecule has 0 spiro atoms. The number of fused-ring (bicyclic) bond motifs is 1. The summed E-state index contributed by atoms with van der Waals surface area (Å²) in [6.45, 7) is 14.1. The second-order valence-corrected chi connectivity index (χ2v) is 16.7. The van der Waals surface area contributed by atoms with Gasteiger partial charge >= 0.3 is 6.09 Å². The van der Waals surface area contributed by atoms with Gasteiger partial charge in [-0.15, -0.1) is 0 Å². The number of piperazine rings is 1. The van der Waals surface area contributed by atoms with Crippen molar-refractivity contribution < 1.29 is 19.1 Å². The monoisotopic (exact) mass is 733 g/mol.